The van der Waals surface area contributed by atoms with Gasteiger partial charge in [-0.05, 0) is 30.3 Å². The molecule has 0 unspecified atom stereocenters. The first-order chi connectivity index (χ1) is 12.3. The number of amides is 1. The molecule has 1 aliphatic rings. The van der Waals surface area contributed by atoms with Crippen molar-refractivity contribution in [1.29, 1.82) is 0 Å². The largest absolute Gasteiger partial charge is 0.454 e. The van der Waals surface area contributed by atoms with Gasteiger partial charge in [0, 0.05) is 41.9 Å². The lowest BCUT2D eigenvalue weighted by Crippen LogP contribution is -2.25. The first-order valence-corrected chi connectivity index (χ1v) is 8.70. The third-order valence-electron chi connectivity index (χ3n) is 3.79. The van der Waals surface area contributed by atoms with Crippen LogP contribution in [0.25, 0.3) is 11.3 Å². The summed E-state index contributed by atoms with van der Waals surface area (Å²) in [5.74, 6) is 1.14. The van der Waals surface area contributed by atoms with Gasteiger partial charge in [0.2, 0.25) is 6.79 Å². The van der Waals surface area contributed by atoms with E-state index in [1.54, 1.807) is 41.9 Å². The summed E-state index contributed by atoms with van der Waals surface area (Å²) in [5.41, 5.74) is 2.53. The van der Waals surface area contributed by atoms with E-state index in [1.165, 1.54) is 0 Å². The molecule has 2 aromatic heterocycles. The van der Waals surface area contributed by atoms with E-state index in [-0.39, 0.29) is 12.7 Å². The number of carbonyl (C=O) groups is 1. The molecule has 25 heavy (non-hydrogen) atoms. The van der Waals surface area contributed by atoms with E-state index in [9.17, 15) is 4.79 Å². The monoisotopic (exact) mass is 353 g/mol. The van der Waals surface area contributed by atoms with Gasteiger partial charge in [-0.1, -0.05) is 0 Å². The zero-order valence-corrected chi connectivity index (χ0v) is 14.1. The molecular weight excluding hydrogens is 338 g/mol. The number of ether oxygens (including phenoxy) is 2. The number of hydrogen-bond acceptors (Lipinski definition) is 6. The van der Waals surface area contributed by atoms with Gasteiger partial charge in [0.05, 0.1) is 10.7 Å². The Kier molecular flexibility index (Phi) is 4.30. The molecule has 126 valence electrons. The fourth-order valence-corrected chi connectivity index (χ4v) is 3.31. The summed E-state index contributed by atoms with van der Waals surface area (Å²) in [7, 11) is 0. The summed E-state index contributed by atoms with van der Waals surface area (Å²) in [6.07, 6.45) is 4.19. The normalized spacial score (nSPS) is 12.2. The van der Waals surface area contributed by atoms with Crippen molar-refractivity contribution in [1.82, 2.24) is 15.3 Å². The molecule has 6 nitrogen and oxygen atoms in total. The quantitative estimate of drug-likeness (QED) is 0.763. The van der Waals surface area contributed by atoms with Crippen LogP contribution in [-0.4, -0.2) is 29.2 Å². The first-order valence-electron chi connectivity index (χ1n) is 7.82. The molecule has 7 heteroatoms. The molecule has 3 heterocycles. The van der Waals surface area contributed by atoms with Crippen molar-refractivity contribution < 1.29 is 14.3 Å². The van der Waals surface area contributed by atoms with Crippen LogP contribution in [-0.2, 0) is 6.42 Å². The average Bonchev–Trinajstić information content (AvgIpc) is 3.31. The average molecular weight is 353 g/mol. The lowest BCUT2D eigenvalue weighted by molar-refractivity contribution is 0.0953. The Morgan fingerprint density at radius 1 is 1.16 bits per heavy atom. The predicted molar refractivity (Wildman–Crippen MR) is 93.9 cm³/mol. The summed E-state index contributed by atoms with van der Waals surface area (Å²) in [4.78, 5) is 20.8. The number of rotatable bonds is 5. The fraction of sp³-hybridized carbons (Fsp3) is 0.167. The Bertz CT molecular complexity index is 896. The van der Waals surface area contributed by atoms with E-state index in [0.717, 1.165) is 16.3 Å². The lowest BCUT2D eigenvalue weighted by atomic mass is 10.2. The van der Waals surface area contributed by atoms with Crippen molar-refractivity contribution in [3.63, 3.8) is 0 Å². The molecule has 0 atom stereocenters. The smallest absolute Gasteiger partial charge is 0.251 e. The van der Waals surface area contributed by atoms with Crippen LogP contribution < -0.4 is 14.8 Å². The molecule has 0 bridgehead atoms. The van der Waals surface area contributed by atoms with Gasteiger partial charge in [-0.3, -0.25) is 9.78 Å². The second-order valence-electron chi connectivity index (χ2n) is 5.44. The van der Waals surface area contributed by atoms with Gasteiger partial charge in [0.25, 0.3) is 5.91 Å². The van der Waals surface area contributed by atoms with E-state index in [0.29, 0.717) is 30.0 Å². The van der Waals surface area contributed by atoms with E-state index in [1.807, 2.05) is 17.5 Å². The fourth-order valence-electron chi connectivity index (χ4n) is 2.50. The highest BCUT2D eigenvalue weighted by atomic mass is 32.1. The second-order valence-corrected chi connectivity index (χ2v) is 6.38. The van der Waals surface area contributed by atoms with Crippen LogP contribution >= 0.6 is 11.3 Å². The molecule has 0 saturated heterocycles. The molecule has 3 aromatic rings. The summed E-state index contributed by atoms with van der Waals surface area (Å²) < 4.78 is 10.5. The highest BCUT2D eigenvalue weighted by Crippen LogP contribution is 2.32. The number of hydrogen-bond donors (Lipinski definition) is 1. The van der Waals surface area contributed by atoms with Gasteiger partial charge >= 0.3 is 0 Å². The molecule has 0 aliphatic carbocycles. The number of aromatic nitrogens is 2. The number of benzene rings is 1. The Morgan fingerprint density at radius 2 is 2.00 bits per heavy atom. The van der Waals surface area contributed by atoms with Crippen LogP contribution in [0.3, 0.4) is 0 Å². The third-order valence-corrected chi connectivity index (χ3v) is 4.70. The molecule has 4 rings (SSSR count). The zero-order chi connectivity index (χ0) is 17.1. The molecule has 0 saturated carbocycles. The molecular formula is C18H15N3O3S. The van der Waals surface area contributed by atoms with E-state index < -0.39 is 0 Å². The number of pyridine rings is 1. The number of carbonyl (C=O) groups excluding carboxylic acids is 1. The number of nitrogens with zero attached hydrogens (tertiary/aromatic N) is 2. The molecule has 0 fully saturated rings. The van der Waals surface area contributed by atoms with Crippen LogP contribution in [0.15, 0.2) is 48.1 Å². The topological polar surface area (TPSA) is 73.3 Å². The van der Waals surface area contributed by atoms with Crippen LogP contribution in [0.1, 0.15) is 15.4 Å². The molecule has 0 radical (unpaired) electrons. The number of thiazole rings is 1. The molecule has 1 aliphatic heterocycles. The Labute approximate surface area is 148 Å². The number of nitrogens with one attached hydrogen (secondary N) is 1. The highest BCUT2D eigenvalue weighted by Gasteiger charge is 2.16. The van der Waals surface area contributed by atoms with E-state index in [2.05, 4.69) is 15.3 Å². The summed E-state index contributed by atoms with van der Waals surface area (Å²) >= 11 is 1.59. The predicted octanol–water partition coefficient (Wildman–Crippen LogP) is 2.91. The Balaban J connectivity index is 1.33. The summed E-state index contributed by atoms with van der Waals surface area (Å²) in [6.45, 7) is 0.723. The maximum absolute atomic E-state index is 12.2. The van der Waals surface area contributed by atoms with Crippen molar-refractivity contribution in [2.75, 3.05) is 13.3 Å². The SMILES string of the molecule is O=C(NCCc1nc(-c2ccncc2)cs1)c1ccc2c(c1)OCO2. The summed E-state index contributed by atoms with van der Waals surface area (Å²) in [5, 5.41) is 5.91. The standard InChI is InChI=1S/C18H15N3O3S/c22-18(13-1-2-15-16(9-13)24-11-23-15)20-8-5-17-21-14(10-25-17)12-3-6-19-7-4-12/h1-4,6-7,9-10H,5,8,11H2,(H,20,22). The van der Waals surface area contributed by atoms with Gasteiger partial charge < -0.3 is 14.8 Å². The minimum atomic E-state index is -0.135. The van der Waals surface area contributed by atoms with Gasteiger partial charge in [0.1, 0.15) is 0 Å². The Morgan fingerprint density at radius 3 is 2.88 bits per heavy atom. The maximum atomic E-state index is 12.2. The minimum absolute atomic E-state index is 0.135. The van der Waals surface area contributed by atoms with Crippen molar-refractivity contribution in [2.24, 2.45) is 0 Å². The van der Waals surface area contributed by atoms with Crippen molar-refractivity contribution >= 4 is 17.2 Å². The van der Waals surface area contributed by atoms with Crippen LogP contribution in [0.5, 0.6) is 11.5 Å². The Hall–Kier alpha value is -2.93. The molecule has 1 aromatic carbocycles. The van der Waals surface area contributed by atoms with Gasteiger partial charge in [-0.25, -0.2) is 4.98 Å². The molecule has 0 spiro atoms. The first kappa shape index (κ1) is 15.6. The molecule has 1 N–H and O–H groups in total. The zero-order valence-electron chi connectivity index (χ0n) is 13.3. The number of fused-ring (bicyclic) bond motifs is 1. The maximum Gasteiger partial charge on any atom is 0.251 e. The van der Waals surface area contributed by atoms with Gasteiger partial charge in [-0.2, -0.15) is 0 Å². The van der Waals surface area contributed by atoms with Crippen LogP contribution in [0.2, 0.25) is 0 Å². The second kappa shape index (κ2) is 6.90. The van der Waals surface area contributed by atoms with Crippen molar-refractivity contribution in [2.45, 2.75) is 6.42 Å². The van der Waals surface area contributed by atoms with Gasteiger partial charge in [-0.15, -0.1) is 11.3 Å². The van der Waals surface area contributed by atoms with Crippen LogP contribution in [0.4, 0.5) is 0 Å². The van der Waals surface area contributed by atoms with Crippen molar-refractivity contribution in [3.05, 3.63) is 58.7 Å². The third kappa shape index (κ3) is 3.46. The highest BCUT2D eigenvalue weighted by molar-refractivity contribution is 7.09. The van der Waals surface area contributed by atoms with E-state index in [4.69, 9.17) is 9.47 Å². The van der Waals surface area contributed by atoms with Gasteiger partial charge in [0.15, 0.2) is 11.5 Å². The minimum Gasteiger partial charge on any atom is -0.454 e. The molecule has 1 amide bonds. The van der Waals surface area contributed by atoms with Crippen molar-refractivity contribution in [3.8, 4) is 22.8 Å². The van der Waals surface area contributed by atoms with Crippen LogP contribution in [0, 0.1) is 0 Å². The lowest BCUT2D eigenvalue weighted by Gasteiger charge is -2.05. The van der Waals surface area contributed by atoms with E-state index >= 15 is 0 Å². The summed E-state index contributed by atoms with van der Waals surface area (Å²) in [6, 6.07) is 9.04.